The summed E-state index contributed by atoms with van der Waals surface area (Å²) in [6.45, 7) is 3.91. The lowest BCUT2D eigenvalue weighted by atomic mass is 10.0. The predicted octanol–water partition coefficient (Wildman–Crippen LogP) is 1.11. The molecule has 2 rings (SSSR count). The topological polar surface area (TPSA) is 69.6 Å². The maximum Gasteiger partial charge on any atom is 0.243 e. The number of nitrogens with one attached hydrogen (secondary N) is 1. The number of carbonyl (C=O) groups is 2. The van der Waals surface area contributed by atoms with Gasteiger partial charge in [0.15, 0.2) is 0 Å². The van der Waals surface area contributed by atoms with Crippen LogP contribution >= 0.6 is 0 Å². The maximum atomic E-state index is 12.3. The van der Waals surface area contributed by atoms with Crippen LogP contribution in [0, 0.1) is 0 Å². The highest BCUT2D eigenvalue weighted by Crippen LogP contribution is 2.17. The van der Waals surface area contributed by atoms with Crippen LogP contribution in [0.1, 0.15) is 32.3 Å². The molecule has 3 atom stereocenters. The van der Waals surface area contributed by atoms with Gasteiger partial charge in [0.2, 0.25) is 11.8 Å². The summed E-state index contributed by atoms with van der Waals surface area (Å²) in [5.74, 6) is -0.248. The first-order valence-corrected chi connectivity index (χ1v) is 7.78. The van der Waals surface area contributed by atoms with Crippen LogP contribution in [0.25, 0.3) is 0 Å². The Hall–Kier alpha value is -1.88. The minimum Gasteiger partial charge on any atom is -0.391 e. The summed E-state index contributed by atoms with van der Waals surface area (Å²) in [5.41, 5.74) is 1.03. The second kappa shape index (κ2) is 7.40. The molecule has 1 saturated heterocycles. The molecule has 5 heteroatoms. The van der Waals surface area contributed by atoms with Crippen LogP contribution in [-0.4, -0.2) is 46.6 Å². The number of nitrogens with zero attached hydrogens (tertiary/aromatic N) is 1. The Morgan fingerprint density at radius 1 is 1.36 bits per heavy atom. The zero-order chi connectivity index (χ0) is 16.1. The lowest BCUT2D eigenvalue weighted by Crippen LogP contribution is -2.50. The molecule has 0 bridgehead atoms. The van der Waals surface area contributed by atoms with Gasteiger partial charge in [-0.2, -0.15) is 0 Å². The van der Waals surface area contributed by atoms with Crippen LogP contribution in [0.3, 0.4) is 0 Å². The predicted molar refractivity (Wildman–Crippen MR) is 84.2 cm³/mol. The molecule has 1 aliphatic rings. The molecule has 120 valence electrons. The maximum absolute atomic E-state index is 12.3. The molecule has 0 aromatic heterocycles. The second-order valence-electron chi connectivity index (χ2n) is 5.92. The molecule has 3 unspecified atom stereocenters. The van der Waals surface area contributed by atoms with E-state index in [4.69, 9.17) is 0 Å². The van der Waals surface area contributed by atoms with E-state index in [1.807, 2.05) is 30.3 Å². The highest BCUT2D eigenvalue weighted by Gasteiger charge is 2.33. The summed E-state index contributed by atoms with van der Waals surface area (Å²) in [4.78, 5) is 25.4. The molecular weight excluding hydrogens is 280 g/mol. The van der Waals surface area contributed by atoms with Crippen molar-refractivity contribution < 1.29 is 14.7 Å². The number of benzene rings is 1. The Balaban J connectivity index is 1.89. The minimum absolute atomic E-state index is 0.0739. The van der Waals surface area contributed by atoms with Crippen molar-refractivity contribution in [3.63, 3.8) is 0 Å². The van der Waals surface area contributed by atoms with Crippen molar-refractivity contribution >= 4 is 11.8 Å². The third-order valence-electron chi connectivity index (χ3n) is 4.19. The van der Waals surface area contributed by atoms with Gasteiger partial charge in [0.05, 0.1) is 12.1 Å². The summed E-state index contributed by atoms with van der Waals surface area (Å²) < 4.78 is 0. The van der Waals surface area contributed by atoms with Crippen molar-refractivity contribution in [3.05, 3.63) is 35.9 Å². The first-order valence-electron chi connectivity index (χ1n) is 7.78. The third kappa shape index (κ3) is 4.07. The lowest BCUT2D eigenvalue weighted by Gasteiger charge is -2.26. The molecule has 5 nitrogen and oxygen atoms in total. The molecular formula is C17H24N2O3. The third-order valence-corrected chi connectivity index (χ3v) is 4.19. The molecule has 0 aliphatic carbocycles. The molecule has 0 radical (unpaired) electrons. The van der Waals surface area contributed by atoms with Crippen LogP contribution in [0.2, 0.25) is 0 Å². The van der Waals surface area contributed by atoms with Crippen molar-refractivity contribution in [2.45, 2.75) is 51.3 Å². The first-order chi connectivity index (χ1) is 10.5. The number of aliphatic hydroxyl groups is 1. The van der Waals surface area contributed by atoms with Crippen molar-refractivity contribution in [3.8, 4) is 0 Å². The van der Waals surface area contributed by atoms with Crippen LogP contribution in [0.15, 0.2) is 30.3 Å². The molecule has 2 amide bonds. The Bertz CT molecular complexity index is 518. The van der Waals surface area contributed by atoms with E-state index in [9.17, 15) is 14.7 Å². The SMILES string of the molecule is CC(=O)N1CCCC1C(=O)NC(C)C(O)Cc1ccccc1. The summed E-state index contributed by atoms with van der Waals surface area (Å²) in [7, 11) is 0. The monoisotopic (exact) mass is 304 g/mol. The standard InChI is InChI=1S/C17H24N2O3/c1-12(16(21)11-14-7-4-3-5-8-14)18-17(22)15-9-6-10-19(15)13(2)20/h3-5,7-8,12,15-16,21H,6,9-11H2,1-2H3,(H,18,22). The fourth-order valence-corrected chi connectivity index (χ4v) is 2.87. The van der Waals surface area contributed by atoms with Crippen LogP contribution in [0.4, 0.5) is 0 Å². The average molecular weight is 304 g/mol. The Labute approximate surface area is 131 Å². The van der Waals surface area contributed by atoms with Gasteiger partial charge in [-0.1, -0.05) is 30.3 Å². The molecule has 1 heterocycles. The molecule has 1 aromatic rings. The normalized spacial score (nSPS) is 20.5. The van der Waals surface area contributed by atoms with Gasteiger partial charge in [-0.15, -0.1) is 0 Å². The number of amides is 2. The molecule has 0 saturated carbocycles. The van der Waals surface area contributed by atoms with Gasteiger partial charge in [0.25, 0.3) is 0 Å². The lowest BCUT2D eigenvalue weighted by molar-refractivity contribution is -0.137. The minimum atomic E-state index is -0.654. The number of hydrogen-bond acceptors (Lipinski definition) is 3. The molecule has 0 spiro atoms. The Kier molecular flexibility index (Phi) is 5.55. The molecule has 22 heavy (non-hydrogen) atoms. The summed E-state index contributed by atoms with van der Waals surface area (Å²) in [5, 5.41) is 13.1. The first kappa shape index (κ1) is 16.5. The van der Waals surface area contributed by atoms with E-state index in [1.54, 1.807) is 11.8 Å². The van der Waals surface area contributed by atoms with E-state index >= 15 is 0 Å². The van der Waals surface area contributed by atoms with Crippen molar-refractivity contribution in [1.29, 1.82) is 0 Å². The van der Waals surface area contributed by atoms with E-state index in [0.717, 1.165) is 12.0 Å². The molecule has 1 aliphatic heterocycles. The van der Waals surface area contributed by atoms with Gasteiger partial charge in [0, 0.05) is 19.9 Å². The van der Waals surface area contributed by atoms with E-state index in [2.05, 4.69) is 5.32 Å². The fraction of sp³-hybridized carbons (Fsp3) is 0.529. The van der Waals surface area contributed by atoms with Crippen LogP contribution < -0.4 is 5.32 Å². The average Bonchev–Trinajstić information content (AvgIpc) is 2.98. The zero-order valence-electron chi connectivity index (χ0n) is 13.2. The largest absolute Gasteiger partial charge is 0.391 e. The highest BCUT2D eigenvalue weighted by atomic mass is 16.3. The Morgan fingerprint density at radius 2 is 2.05 bits per heavy atom. The summed E-state index contributed by atoms with van der Waals surface area (Å²) >= 11 is 0. The number of hydrogen-bond donors (Lipinski definition) is 2. The van der Waals surface area contributed by atoms with Gasteiger partial charge in [0.1, 0.15) is 6.04 Å². The van der Waals surface area contributed by atoms with Gasteiger partial charge in [-0.25, -0.2) is 0 Å². The zero-order valence-corrected chi connectivity index (χ0v) is 13.2. The number of likely N-dealkylation sites (tertiary alicyclic amines) is 1. The summed E-state index contributed by atoms with van der Waals surface area (Å²) in [6.07, 6.45) is 1.37. The van der Waals surface area contributed by atoms with Crippen LogP contribution in [0.5, 0.6) is 0 Å². The van der Waals surface area contributed by atoms with Crippen LogP contribution in [-0.2, 0) is 16.0 Å². The quantitative estimate of drug-likeness (QED) is 0.856. The number of carbonyl (C=O) groups excluding carboxylic acids is 2. The molecule has 1 fully saturated rings. The smallest absolute Gasteiger partial charge is 0.243 e. The number of aliphatic hydroxyl groups excluding tert-OH is 1. The van der Waals surface area contributed by atoms with E-state index in [0.29, 0.717) is 19.4 Å². The fourth-order valence-electron chi connectivity index (χ4n) is 2.87. The van der Waals surface area contributed by atoms with Gasteiger partial charge in [-0.05, 0) is 25.3 Å². The van der Waals surface area contributed by atoms with Gasteiger partial charge >= 0.3 is 0 Å². The van der Waals surface area contributed by atoms with Crippen molar-refractivity contribution in [1.82, 2.24) is 10.2 Å². The van der Waals surface area contributed by atoms with E-state index in [1.165, 1.54) is 6.92 Å². The second-order valence-corrected chi connectivity index (χ2v) is 5.92. The van der Waals surface area contributed by atoms with E-state index < -0.39 is 12.1 Å². The Morgan fingerprint density at radius 3 is 2.68 bits per heavy atom. The molecule has 2 N–H and O–H groups in total. The van der Waals surface area contributed by atoms with Crippen molar-refractivity contribution in [2.24, 2.45) is 0 Å². The van der Waals surface area contributed by atoms with Gasteiger partial charge in [-0.3, -0.25) is 9.59 Å². The summed E-state index contributed by atoms with van der Waals surface area (Å²) in [6, 6.07) is 8.92. The van der Waals surface area contributed by atoms with E-state index in [-0.39, 0.29) is 17.9 Å². The molecule has 1 aromatic carbocycles. The highest BCUT2D eigenvalue weighted by molar-refractivity contribution is 5.87. The number of rotatable bonds is 5. The van der Waals surface area contributed by atoms with Crippen molar-refractivity contribution in [2.75, 3.05) is 6.54 Å². The van der Waals surface area contributed by atoms with Gasteiger partial charge < -0.3 is 15.3 Å².